The quantitative estimate of drug-likeness (QED) is 0.695. The van der Waals surface area contributed by atoms with Crippen LogP contribution in [0.1, 0.15) is 18.4 Å². The molecule has 1 N–H and O–H groups in total. The molecule has 2 heterocycles. The summed E-state index contributed by atoms with van der Waals surface area (Å²) in [6.45, 7) is 4.02. The Kier molecular flexibility index (Phi) is 3.95. The van der Waals surface area contributed by atoms with Gasteiger partial charge in [0.1, 0.15) is 0 Å². The molecule has 1 saturated heterocycles. The van der Waals surface area contributed by atoms with E-state index in [1.54, 1.807) is 12.4 Å². The Labute approximate surface area is 125 Å². The third-order valence-corrected chi connectivity index (χ3v) is 4.01. The normalized spacial score (nSPS) is 18.5. The SMILES string of the molecule is Cc1c[n+]([O-])ccc1N1CCC[C@H](Nc2ccccc2)C1. The molecule has 1 aromatic carbocycles. The van der Waals surface area contributed by atoms with Crippen LogP contribution in [0.15, 0.2) is 48.8 Å². The lowest BCUT2D eigenvalue weighted by Gasteiger charge is -2.35. The highest BCUT2D eigenvalue weighted by atomic mass is 16.5. The van der Waals surface area contributed by atoms with E-state index in [0.29, 0.717) is 6.04 Å². The van der Waals surface area contributed by atoms with E-state index in [2.05, 4.69) is 34.5 Å². The minimum atomic E-state index is 0.445. The van der Waals surface area contributed by atoms with Gasteiger partial charge in [0.25, 0.3) is 0 Å². The molecule has 1 aromatic heterocycles. The van der Waals surface area contributed by atoms with Gasteiger partial charge in [-0.1, -0.05) is 18.2 Å². The van der Waals surface area contributed by atoms with Crippen LogP contribution in [-0.4, -0.2) is 19.1 Å². The van der Waals surface area contributed by atoms with Gasteiger partial charge in [-0.2, -0.15) is 4.73 Å². The van der Waals surface area contributed by atoms with Crippen LogP contribution in [0.25, 0.3) is 0 Å². The number of nitrogens with one attached hydrogen (secondary N) is 1. The van der Waals surface area contributed by atoms with Gasteiger partial charge in [0, 0.05) is 36.4 Å². The molecule has 1 fully saturated rings. The first-order valence-corrected chi connectivity index (χ1v) is 7.48. The van der Waals surface area contributed by atoms with Crippen molar-refractivity contribution in [2.45, 2.75) is 25.8 Å². The maximum atomic E-state index is 11.3. The van der Waals surface area contributed by atoms with Crippen molar-refractivity contribution in [3.8, 4) is 0 Å². The van der Waals surface area contributed by atoms with E-state index in [0.717, 1.165) is 29.8 Å². The van der Waals surface area contributed by atoms with E-state index in [4.69, 9.17) is 0 Å². The molecule has 1 aliphatic heterocycles. The van der Waals surface area contributed by atoms with Crippen LogP contribution in [0.3, 0.4) is 0 Å². The summed E-state index contributed by atoms with van der Waals surface area (Å²) in [5.74, 6) is 0. The van der Waals surface area contributed by atoms with Crippen LogP contribution < -0.4 is 14.9 Å². The number of pyridine rings is 1. The molecule has 4 heteroatoms. The zero-order valence-corrected chi connectivity index (χ0v) is 12.3. The highest BCUT2D eigenvalue weighted by Crippen LogP contribution is 2.23. The van der Waals surface area contributed by atoms with E-state index >= 15 is 0 Å². The smallest absolute Gasteiger partial charge is 0.185 e. The second-order valence-electron chi connectivity index (χ2n) is 5.67. The Morgan fingerprint density at radius 3 is 2.81 bits per heavy atom. The fraction of sp³-hybridized carbons (Fsp3) is 0.353. The molecule has 0 unspecified atom stereocenters. The van der Waals surface area contributed by atoms with Gasteiger partial charge in [-0.15, -0.1) is 0 Å². The lowest BCUT2D eigenvalue weighted by Crippen LogP contribution is -2.42. The maximum Gasteiger partial charge on any atom is 0.185 e. The third kappa shape index (κ3) is 3.27. The summed E-state index contributed by atoms with van der Waals surface area (Å²) in [5, 5.41) is 14.9. The summed E-state index contributed by atoms with van der Waals surface area (Å²) in [4.78, 5) is 2.37. The van der Waals surface area contributed by atoms with Crippen molar-refractivity contribution in [2.24, 2.45) is 0 Å². The molecule has 0 spiro atoms. The standard InChI is InChI=1S/C17H21N3O/c1-14-12-20(21)11-9-17(14)19-10-5-8-16(13-19)18-15-6-3-2-4-7-15/h2-4,6-7,9,11-12,16,18H,5,8,10,13H2,1H3/t16-/m0/s1. The van der Waals surface area contributed by atoms with Gasteiger partial charge in [-0.25, -0.2) is 0 Å². The van der Waals surface area contributed by atoms with Gasteiger partial charge in [-0.3, -0.25) is 0 Å². The van der Waals surface area contributed by atoms with Gasteiger partial charge in [0.15, 0.2) is 12.4 Å². The number of piperidine rings is 1. The number of aromatic nitrogens is 1. The first-order chi connectivity index (χ1) is 10.2. The van der Waals surface area contributed by atoms with E-state index in [1.807, 2.05) is 19.1 Å². The van der Waals surface area contributed by atoms with Crippen molar-refractivity contribution >= 4 is 11.4 Å². The molecular weight excluding hydrogens is 262 g/mol. The Balaban J connectivity index is 1.71. The molecular formula is C17H21N3O. The molecule has 0 radical (unpaired) electrons. The Hall–Kier alpha value is -2.23. The maximum absolute atomic E-state index is 11.3. The largest absolute Gasteiger partial charge is 0.619 e. The lowest BCUT2D eigenvalue weighted by molar-refractivity contribution is -0.605. The van der Waals surface area contributed by atoms with Crippen molar-refractivity contribution in [2.75, 3.05) is 23.3 Å². The minimum absolute atomic E-state index is 0.445. The van der Waals surface area contributed by atoms with Crippen LogP contribution in [0.5, 0.6) is 0 Å². The number of anilines is 2. The average molecular weight is 283 g/mol. The van der Waals surface area contributed by atoms with Gasteiger partial charge in [-0.05, 0) is 31.9 Å². The van der Waals surface area contributed by atoms with Crippen LogP contribution in [0.4, 0.5) is 11.4 Å². The molecule has 1 aliphatic rings. The molecule has 110 valence electrons. The molecule has 2 aromatic rings. The molecule has 3 rings (SSSR count). The molecule has 0 amide bonds. The number of hydrogen-bond donors (Lipinski definition) is 1. The molecule has 21 heavy (non-hydrogen) atoms. The Morgan fingerprint density at radius 2 is 2.05 bits per heavy atom. The number of para-hydroxylation sites is 1. The van der Waals surface area contributed by atoms with Crippen LogP contribution >= 0.6 is 0 Å². The predicted octanol–water partition coefficient (Wildman–Crippen LogP) is 2.71. The zero-order chi connectivity index (χ0) is 14.7. The minimum Gasteiger partial charge on any atom is -0.619 e. The van der Waals surface area contributed by atoms with Crippen LogP contribution in [0.2, 0.25) is 0 Å². The van der Waals surface area contributed by atoms with Crippen LogP contribution in [-0.2, 0) is 0 Å². The number of nitrogens with zero attached hydrogens (tertiary/aromatic N) is 2. The summed E-state index contributed by atoms with van der Waals surface area (Å²) in [6, 6.07) is 12.7. The summed E-state index contributed by atoms with van der Waals surface area (Å²) in [6.07, 6.45) is 5.56. The highest BCUT2D eigenvalue weighted by Gasteiger charge is 2.21. The third-order valence-electron chi connectivity index (χ3n) is 4.01. The summed E-state index contributed by atoms with van der Waals surface area (Å²) in [5.41, 5.74) is 3.38. The second kappa shape index (κ2) is 6.04. The molecule has 0 aliphatic carbocycles. The fourth-order valence-electron chi connectivity index (χ4n) is 3.01. The monoisotopic (exact) mass is 283 g/mol. The predicted molar refractivity (Wildman–Crippen MR) is 85.4 cm³/mol. The Morgan fingerprint density at radius 1 is 1.24 bits per heavy atom. The topological polar surface area (TPSA) is 42.2 Å². The Bertz CT molecular complexity index is 600. The van der Waals surface area contributed by atoms with E-state index < -0.39 is 0 Å². The lowest BCUT2D eigenvalue weighted by atomic mass is 10.0. The van der Waals surface area contributed by atoms with E-state index in [1.165, 1.54) is 17.8 Å². The van der Waals surface area contributed by atoms with Crippen molar-refractivity contribution < 1.29 is 4.73 Å². The van der Waals surface area contributed by atoms with Gasteiger partial charge in [0.05, 0.1) is 5.69 Å². The number of aryl methyl sites for hydroxylation is 1. The van der Waals surface area contributed by atoms with Crippen LogP contribution in [0, 0.1) is 12.1 Å². The average Bonchev–Trinajstić information content (AvgIpc) is 2.48. The zero-order valence-electron chi connectivity index (χ0n) is 12.3. The van der Waals surface area contributed by atoms with Gasteiger partial charge >= 0.3 is 0 Å². The van der Waals surface area contributed by atoms with Crippen molar-refractivity contribution in [1.29, 1.82) is 0 Å². The van der Waals surface area contributed by atoms with E-state index in [9.17, 15) is 5.21 Å². The molecule has 4 nitrogen and oxygen atoms in total. The second-order valence-corrected chi connectivity index (χ2v) is 5.67. The fourth-order valence-corrected chi connectivity index (χ4v) is 3.01. The number of benzene rings is 1. The van der Waals surface area contributed by atoms with Crippen molar-refractivity contribution in [1.82, 2.24) is 0 Å². The van der Waals surface area contributed by atoms with Gasteiger partial charge in [0.2, 0.25) is 0 Å². The van der Waals surface area contributed by atoms with Gasteiger partial charge < -0.3 is 15.4 Å². The highest BCUT2D eigenvalue weighted by molar-refractivity contribution is 5.52. The first-order valence-electron chi connectivity index (χ1n) is 7.48. The van der Waals surface area contributed by atoms with Crippen molar-refractivity contribution in [3.05, 3.63) is 59.6 Å². The summed E-state index contributed by atoms with van der Waals surface area (Å²) in [7, 11) is 0. The summed E-state index contributed by atoms with van der Waals surface area (Å²) >= 11 is 0. The number of hydrogen-bond acceptors (Lipinski definition) is 3. The molecule has 0 bridgehead atoms. The van der Waals surface area contributed by atoms with E-state index in [-0.39, 0.29) is 0 Å². The number of rotatable bonds is 3. The summed E-state index contributed by atoms with van der Waals surface area (Å²) < 4.78 is 0.864. The van der Waals surface area contributed by atoms with Crippen molar-refractivity contribution in [3.63, 3.8) is 0 Å². The molecule has 1 atom stereocenters. The molecule has 0 saturated carbocycles. The first kappa shape index (κ1) is 13.7.